The number of carboxylic acid groups (broad SMARTS) is 1. The molecule has 4 rings (SSSR count). The van der Waals surface area contributed by atoms with E-state index >= 15 is 0 Å². The number of anilines is 3. The number of benzene rings is 1. The van der Waals surface area contributed by atoms with Crippen molar-refractivity contribution in [2.75, 3.05) is 36.4 Å². The summed E-state index contributed by atoms with van der Waals surface area (Å²) < 4.78 is 30.9. The number of hydrogen-bond acceptors (Lipinski definition) is 7. The molecule has 2 aromatic heterocycles. The van der Waals surface area contributed by atoms with Gasteiger partial charge < -0.3 is 25.0 Å². The minimum atomic E-state index is -3.09. The summed E-state index contributed by atoms with van der Waals surface area (Å²) in [6, 6.07) is 6.07. The van der Waals surface area contributed by atoms with Gasteiger partial charge >= 0.3 is 12.7 Å². The van der Waals surface area contributed by atoms with E-state index in [1.807, 2.05) is 4.90 Å². The van der Waals surface area contributed by atoms with E-state index in [2.05, 4.69) is 20.5 Å². The van der Waals surface area contributed by atoms with Crippen molar-refractivity contribution in [2.24, 2.45) is 0 Å². The Bertz CT molecular complexity index is 1220. The smallest absolute Gasteiger partial charge is 0.407 e. The van der Waals surface area contributed by atoms with Crippen molar-refractivity contribution >= 4 is 45.7 Å². The molecule has 168 valence electrons. The van der Waals surface area contributed by atoms with Crippen LogP contribution in [0.2, 0.25) is 5.15 Å². The van der Waals surface area contributed by atoms with Gasteiger partial charge in [-0.2, -0.15) is 13.9 Å². The maximum absolute atomic E-state index is 13.1. The van der Waals surface area contributed by atoms with Crippen molar-refractivity contribution < 1.29 is 23.4 Å². The monoisotopic (exact) mass is 466 g/mol. The van der Waals surface area contributed by atoms with Gasteiger partial charge in [0.05, 0.1) is 17.3 Å². The van der Waals surface area contributed by atoms with E-state index in [9.17, 15) is 18.4 Å². The van der Waals surface area contributed by atoms with Gasteiger partial charge in [0.25, 0.3) is 5.56 Å². The number of nitrogens with zero attached hydrogens (tertiary/aromatic N) is 4. The fourth-order valence-electron chi connectivity index (χ4n) is 3.47. The van der Waals surface area contributed by atoms with Gasteiger partial charge in [0.15, 0.2) is 5.75 Å². The topological polar surface area (TPSA) is 124 Å². The molecule has 3 aromatic rings. The Morgan fingerprint density at radius 1 is 1.25 bits per heavy atom. The lowest BCUT2D eigenvalue weighted by Crippen LogP contribution is -2.48. The van der Waals surface area contributed by atoms with Gasteiger partial charge in [0.1, 0.15) is 11.0 Å². The van der Waals surface area contributed by atoms with Crippen LogP contribution in [0.15, 0.2) is 35.3 Å². The number of hydrogen-bond donors (Lipinski definition) is 3. The molecule has 0 spiro atoms. The summed E-state index contributed by atoms with van der Waals surface area (Å²) in [7, 11) is 0. The number of halogens is 3. The van der Waals surface area contributed by atoms with Crippen LogP contribution in [-0.4, -0.2) is 64.1 Å². The van der Waals surface area contributed by atoms with Crippen molar-refractivity contribution in [3.05, 3.63) is 46.0 Å². The van der Waals surface area contributed by atoms with Gasteiger partial charge in [0, 0.05) is 43.3 Å². The Morgan fingerprint density at radius 3 is 2.69 bits per heavy atom. The van der Waals surface area contributed by atoms with Gasteiger partial charge in [-0.25, -0.2) is 14.9 Å². The van der Waals surface area contributed by atoms with Gasteiger partial charge in [0.2, 0.25) is 0 Å². The van der Waals surface area contributed by atoms with E-state index in [1.54, 1.807) is 6.07 Å². The summed E-state index contributed by atoms with van der Waals surface area (Å²) in [6.07, 6.45) is 0.392. The highest BCUT2D eigenvalue weighted by Crippen LogP contribution is 2.35. The van der Waals surface area contributed by atoms with Crippen LogP contribution in [0.4, 0.5) is 30.8 Å². The molecule has 1 saturated heterocycles. The zero-order chi connectivity index (χ0) is 22.8. The van der Waals surface area contributed by atoms with Gasteiger partial charge in [-0.1, -0.05) is 11.6 Å². The number of amides is 1. The van der Waals surface area contributed by atoms with Crippen molar-refractivity contribution in [3.63, 3.8) is 0 Å². The molecular formula is C19H17ClF2N6O4. The number of alkyl halides is 2. The molecule has 0 saturated carbocycles. The highest BCUT2D eigenvalue weighted by Gasteiger charge is 2.22. The van der Waals surface area contributed by atoms with Gasteiger partial charge in [-0.15, -0.1) is 0 Å². The van der Waals surface area contributed by atoms with E-state index in [1.165, 1.54) is 29.3 Å². The maximum Gasteiger partial charge on any atom is 0.407 e. The first-order valence-corrected chi connectivity index (χ1v) is 9.82. The summed E-state index contributed by atoms with van der Waals surface area (Å²) in [4.78, 5) is 30.6. The van der Waals surface area contributed by atoms with Crippen molar-refractivity contribution in [2.45, 2.75) is 6.61 Å². The molecule has 1 fully saturated rings. The number of carbonyl (C=O) groups is 1. The lowest BCUT2D eigenvalue weighted by atomic mass is 10.2. The second-order valence-electron chi connectivity index (χ2n) is 6.90. The Labute approximate surface area is 184 Å². The fourth-order valence-corrected chi connectivity index (χ4v) is 3.67. The number of fused-ring (bicyclic) bond motifs is 1. The highest BCUT2D eigenvalue weighted by atomic mass is 35.5. The van der Waals surface area contributed by atoms with Crippen LogP contribution in [0.3, 0.4) is 0 Å². The van der Waals surface area contributed by atoms with E-state index < -0.39 is 18.3 Å². The Hall–Kier alpha value is -3.67. The summed E-state index contributed by atoms with van der Waals surface area (Å²) in [5.74, 6) is -0.114. The quantitative estimate of drug-likeness (QED) is 0.490. The molecule has 1 aliphatic rings. The van der Waals surface area contributed by atoms with Gasteiger partial charge in [-0.05, 0) is 18.2 Å². The largest absolute Gasteiger partial charge is 0.465 e. The molecule has 0 aliphatic carbocycles. The maximum atomic E-state index is 13.1. The minimum absolute atomic E-state index is 0.0538. The summed E-state index contributed by atoms with van der Waals surface area (Å²) in [5.41, 5.74) is 0.200. The number of aromatic amines is 1. The molecule has 1 aromatic carbocycles. The average Bonchev–Trinajstić information content (AvgIpc) is 2.74. The second kappa shape index (κ2) is 8.83. The Balaban J connectivity index is 1.67. The lowest BCUT2D eigenvalue weighted by Gasteiger charge is -2.34. The zero-order valence-electron chi connectivity index (χ0n) is 16.4. The molecule has 32 heavy (non-hydrogen) atoms. The van der Waals surface area contributed by atoms with Crippen LogP contribution in [0.1, 0.15) is 0 Å². The molecule has 1 aliphatic heterocycles. The number of ether oxygens (including phenoxy) is 1. The van der Waals surface area contributed by atoms with Crippen molar-refractivity contribution in [3.8, 4) is 5.75 Å². The zero-order valence-corrected chi connectivity index (χ0v) is 17.1. The third-order valence-corrected chi connectivity index (χ3v) is 5.16. The molecule has 3 heterocycles. The van der Waals surface area contributed by atoms with E-state index in [4.69, 9.17) is 21.4 Å². The van der Waals surface area contributed by atoms with Crippen LogP contribution < -0.4 is 20.5 Å². The number of rotatable bonds is 5. The van der Waals surface area contributed by atoms with Crippen LogP contribution in [0.5, 0.6) is 5.75 Å². The first-order chi connectivity index (χ1) is 15.3. The predicted octanol–water partition coefficient (Wildman–Crippen LogP) is 3.12. The summed E-state index contributed by atoms with van der Waals surface area (Å²) >= 11 is 6.03. The Morgan fingerprint density at radius 2 is 2.00 bits per heavy atom. The second-order valence-corrected chi connectivity index (χ2v) is 7.28. The molecule has 1 amide bonds. The third-order valence-electron chi connectivity index (χ3n) is 4.97. The predicted molar refractivity (Wildman–Crippen MR) is 113 cm³/mol. The number of piperazine rings is 1. The molecule has 3 N–H and O–H groups in total. The van der Waals surface area contributed by atoms with Crippen LogP contribution in [0.25, 0.3) is 10.8 Å². The minimum Gasteiger partial charge on any atom is -0.465 e. The van der Waals surface area contributed by atoms with Crippen LogP contribution in [-0.2, 0) is 0 Å². The molecule has 0 bridgehead atoms. The lowest BCUT2D eigenvalue weighted by molar-refractivity contribution is -0.0493. The van der Waals surface area contributed by atoms with Crippen LogP contribution in [0, 0.1) is 0 Å². The van der Waals surface area contributed by atoms with E-state index in [-0.39, 0.29) is 40.9 Å². The molecule has 13 heteroatoms. The summed E-state index contributed by atoms with van der Waals surface area (Å²) in [6.45, 7) is -1.72. The number of pyridine rings is 1. The molecule has 0 atom stereocenters. The number of H-pyrrole nitrogens is 1. The fraction of sp³-hybridized carbons (Fsp3) is 0.263. The molecule has 0 unspecified atom stereocenters. The first kappa shape index (κ1) is 21.6. The SMILES string of the molecule is O=C(O)N1CCN(c2ccc(Nc3nc(Cl)cc4cn[nH]c(=O)c34)c(OC(F)F)c2)CC1. The molecular weight excluding hydrogens is 450 g/mol. The third kappa shape index (κ3) is 4.49. The van der Waals surface area contributed by atoms with Crippen LogP contribution >= 0.6 is 11.6 Å². The van der Waals surface area contributed by atoms with Crippen molar-refractivity contribution in [1.29, 1.82) is 0 Å². The van der Waals surface area contributed by atoms with E-state index in [0.717, 1.165) is 0 Å². The summed E-state index contributed by atoms with van der Waals surface area (Å²) in [5, 5.41) is 18.6. The average molecular weight is 467 g/mol. The molecule has 0 radical (unpaired) electrons. The number of aromatic nitrogens is 3. The van der Waals surface area contributed by atoms with Crippen molar-refractivity contribution in [1.82, 2.24) is 20.1 Å². The van der Waals surface area contributed by atoms with Gasteiger partial charge in [-0.3, -0.25) is 4.79 Å². The standard InChI is InChI=1S/C19H17ClF2N6O4/c20-14-7-10-9-23-26-17(29)15(10)16(25-14)24-12-2-1-11(8-13(12)32-18(21)22)27-3-5-28(6-4-27)19(30)31/h1-2,7-9,18H,3-6H2,(H,24,25)(H,26,29)(H,30,31). The van der Waals surface area contributed by atoms with E-state index in [0.29, 0.717) is 24.2 Å². The molecule has 10 nitrogen and oxygen atoms in total. The number of nitrogens with one attached hydrogen (secondary N) is 2. The first-order valence-electron chi connectivity index (χ1n) is 9.44. The Kier molecular flexibility index (Phi) is 5.95. The highest BCUT2D eigenvalue weighted by molar-refractivity contribution is 6.30. The normalized spacial score (nSPS) is 14.1.